The summed E-state index contributed by atoms with van der Waals surface area (Å²) in [6.45, 7) is 0. The smallest absolute Gasteiger partial charge is 0.124 e. The standard InChI is InChI=1S/C16H13BrCl3F/c17-13-5-11(6-15(21)7-13)8-16(9-18,10-19)12-1-3-14(20)4-2-12/h1-7H,8-10H2. The number of rotatable bonds is 5. The SMILES string of the molecule is Fc1cc(Br)cc(CC(CCl)(CCl)c2ccc(Cl)cc2)c1. The zero-order valence-electron chi connectivity index (χ0n) is 11.1. The molecule has 21 heavy (non-hydrogen) atoms. The van der Waals surface area contributed by atoms with Crippen LogP contribution in [0.15, 0.2) is 46.9 Å². The molecule has 2 rings (SSSR count). The van der Waals surface area contributed by atoms with Crippen molar-refractivity contribution in [1.82, 2.24) is 0 Å². The highest BCUT2D eigenvalue weighted by Gasteiger charge is 2.31. The Morgan fingerprint density at radius 1 is 1.00 bits per heavy atom. The van der Waals surface area contributed by atoms with Crippen LogP contribution in [0.2, 0.25) is 5.02 Å². The van der Waals surface area contributed by atoms with Crippen molar-refractivity contribution in [3.8, 4) is 0 Å². The van der Waals surface area contributed by atoms with Crippen LogP contribution in [0.5, 0.6) is 0 Å². The second kappa shape index (κ2) is 7.32. The van der Waals surface area contributed by atoms with Crippen LogP contribution in [0.4, 0.5) is 4.39 Å². The van der Waals surface area contributed by atoms with Crippen molar-refractivity contribution in [2.24, 2.45) is 0 Å². The normalized spacial score (nSPS) is 11.7. The van der Waals surface area contributed by atoms with E-state index in [2.05, 4.69) is 15.9 Å². The van der Waals surface area contributed by atoms with Crippen molar-refractivity contribution in [2.75, 3.05) is 11.8 Å². The van der Waals surface area contributed by atoms with Crippen molar-refractivity contribution in [3.63, 3.8) is 0 Å². The van der Waals surface area contributed by atoms with E-state index in [9.17, 15) is 4.39 Å². The fraction of sp³-hybridized carbons (Fsp3) is 0.250. The minimum absolute atomic E-state index is 0.284. The Labute approximate surface area is 147 Å². The maximum atomic E-state index is 13.6. The van der Waals surface area contributed by atoms with Crippen LogP contribution in [-0.4, -0.2) is 11.8 Å². The first kappa shape index (κ1) is 17.1. The molecule has 0 N–H and O–H groups in total. The third kappa shape index (κ3) is 4.13. The molecule has 0 fully saturated rings. The molecule has 2 aromatic carbocycles. The molecular formula is C16H13BrCl3F. The molecule has 0 atom stereocenters. The van der Waals surface area contributed by atoms with Gasteiger partial charge in [0.05, 0.1) is 0 Å². The lowest BCUT2D eigenvalue weighted by atomic mass is 9.79. The maximum absolute atomic E-state index is 13.6. The highest BCUT2D eigenvalue weighted by Crippen LogP contribution is 2.33. The van der Waals surface area contributed by atoms with Gasteiger partial charge in [0.1, 0.15) is 5.82 Å². The van der Waals surface area contributed by atoms with Gasteiger partial charge in [-0.15, -0.1) is 23.2 Å². The molecule has 0 spiro atoms. The van der Waals surface area contributed by atoms with Gasteiger partial charge in [0.2, 0.25) is 0 Å². The van der Waals surface area contributed by atoms with Gasteiger partial charge >= 0.3 is 0 Å². The van der Waals surface area contributed by atoms with E-state index in [1.165, 1.54) is 12.1 Å². The molecule has 0 saturated carbocycles. The minimum atomic E-state index is -0.457. The molecule has 0 bridgehead atoms. The number of hydrogen-bond donors (Lipinski definition) is 0. The summed E-state index contributed by atoms with van der Waals surface area (Å²) < 4.78 is 14.3. The van der Waals surface area contributed by atoms with Gasteiger partial charge in [-0.05, 0) is 47.9 Å². The predicted molar refractivity (Wildman–Crippen MR) is 92.4 cm³/mol. The van der Waals surface area contributed by atoms with Crippen molar-refractivity contribution < 1.29 is 4.39 Å². The Morgan fingerprint density at radius 2 is 1.62 bits per heavy atom. The lowest BCUT2D eigenvalue weighted by Gasteiger charge is -2.30. The summed E-state index contributed by atoms with van der Waals surface area (Å²) in [7, 11) is 0. The zero-order chi connectivity index (χ0) is 15.5. The molecule has 0 amide bonds. The highest BCUT2D eigenvalue weighted by molar-refractivity contribution is 9.10. The van der Waals surface area contributed by atoms with Crippen molar-refractivity contribution >= 4 is 50.7 Å². The molecule has 0 aliphatic heterocycles. The van der Waals surface area contributed by atoms with E-state index in [4.69, 9.17) is 34.8 Å². The lowest BCUT2D eigenvalue weighted by Crippen LogP contribution is -2.33. The van der Waals surface area contributed by atoms with Crippen molar-refractivity contribution in [2.45, 2.75) is 11.8 Å². The van der Waals surface area contributed by atoms with Gasteiger partial charge in [0.25, 0.3) is 0 Å². The van der Waals surface area contributed by atoms with E-state index in [-0.39, 0.29) is 5.82 Å². The monoisotopic (exact) mass is 408 g/mol. The second-order valence-electron chi connectivity index (χ2n) is 5.01. The van der Waals surface area contributed by atoms with Gasteiger partial charge in [0.15, 0.2) is 0 Å². The molecule has 0 saturated heterocycles. The third-order valence-corrected chi connectivity index (χ3v) is 5.17. The summed E-state index contributed by atoms with van der Waals surface area (Å²) in [4.78, 5) is 0. The average molecular weight is 411 g/mol. The van der Waals surface area contributed by atoms with Gasteiger partial charge in [-0.3, -0.25) is 0 Å². The van der Waals surface area contributed by atoms with E-state index in [0.29, 0.717) is 27.7 Å². The molecule has 0 aliphatic carbocycles. The highest BCUT2D eigenvalue weighted by atomic mass is 79.9. The fourth-order valence-corrected chi connectivity index (χ4v) is 3.72. The molecule has 5 heteroatoms. The summed E-state index contributed by atoms with van der Waals surface area (Å²) in [5.41, 5.74) is 1.39. The predicted octanol–water partition coefficient (Wildman–Crippen LogP) is 6.20. The summed E-state index contributed by atoms with van der Waals surface area (Å²) in [5.74, 6) is 0.395. The van der Waals surface area contributed by atoms with E-state index in [0.717, 1.165) is 11.1 Å². The maximum Gasteiger partial charge on any atom is 0.124 e. The van der Waals surface area contributed by atoms with Crippen LogP contribution in [0.3, 0.4) is 0 Å². The lowest BCUT2D eigenvalue weighted by molar-refractivity contribution is 0.532. The molecule has 0 aliphatic rings. The van der Waals surface area contributed by atoms with Crippen molar-refractivity contribution in [3.05, 3.63) is 68.9 Å². The third-order valence-electron chi connectivity index (χ3n) is 3.43. The Balaban J connectivity index is 2.40. The Morgan fingerprint density at radius 3 is 2.14 bits per heavy atom. The van der Waals surface area contributed by atoms with Crippen LogP contribution < -0.4 is 0 Å². The molecule has 0 aromatic heterocycles. The summed E-state index contributed by atoms with van der Waals surface area (Å²) >= 11 is 21.6. The van der Waals surface area contributed by atoms with Crippen LogP contribution in [0, 0.1) is 5.82 Å². The first-order chi connectivity index (χ1) is 9.99. The minimum Gasteiger partial charge on any atom is -0.207 e. The van der Waals surface area contributed by atoms with E-state index in [1.54, 1.807) is 0 Å². The van der Waals surface area contributed by atoms with Crippen LogP contribution in [-0.2, 0) is 11.8 Å². The largest absolute Gasteiger partial charge is 0.207 e. The molecule has 0 radical (unpaired) electrons. The topological polar surface area (TPSA) is 0 Å². The number of alkyl halides is 2. The molecule has 0 unspecified atom stereocenters. The van der Waals surface area contributed by atoms with E-state index >= 15 is 0 Å². The number of halogens is 5. The average Bonchev–Trinajstić information content (AvgIpc) is 2.45. The quantitative estimate of drug-likeness (QED) is 0.515. The zero-order valence-corrected chi connectivity index (χ0v) is 14.9. The Hall–Kier alpha value is -0.280. The Kier molecular flexibility index (Phi) is 5.96. The molecular weight excluding hydrogens is 397 g/mol. The summed E-state index contributed by atoms with van der Waals surface area (Å²) in [6, 6.07) is 12.3. The number of benzene rings is 2. The molecule has 112 valence electrons. The van der Waals surface area contributed by atoms with Crippen molar-refractivity contribution in [1.29, 1.82) is 0 Å². The van der Waals surface area contributed by atoms with Crippen LogP contribution in [0.1, 0.15) is 11.1 Å². The van der Waals surface area contributed by atoms with E-state index in [1.807, 2.05) is 30.3 Å². The van der Waals surface area contributed by atoms with Crippen LogP contribution >= 0.6 is 50.7 Å². The van der Waals surface area contributed by atoms with Gasteiger partial charge in [-0.25, -0.2) is 4.39 Å². The fourth-order valence-electron chi connectivity index (χ4n) is 2.29. The van der Waals surface area contributed by atoms with Gasteiger partial charge in [-0.1, -0.05) is 39.7 Å². The second-order valence-corrected chi connectivity index (χ2v) is 6.90. The first-order valence-electron chi connectivity index (χ1n) is 6.32. The number of hydrogen-bond acceptors (Lipinski definition) is 0. The van der Waals surface area contributed by atoms with Gasteiger partial charge in [-0.2, -0.15) is 0 Å². The van der Waals surface area contributed by atoms with Gasteiger partial charge in [0, 0.05) is 26.7 Å². The molecule has 2 aromatic rings. The van der Waals surface area contributed by atoms with Crippen LogP contribution in [0.25, 0.3) is 0 Å². The summed E-state index contributed by atoms with van der Waals surface area (Å²) in [5, 5.41) is 0.658. The summed E-state index contributed by atoms with van der Waals surface area (Å²) in [6.07, 6.45) is 0.554. The van der Waals surface area contributed by atoms with Gasteiger partial charge < -0.3 is 0 Å². The molecule has 0 nitrogen and oxygen atoms in total. The Bertz CT molecular complexity index is 589. The van der Waals surface area contributed by atoms with E-state index < -0.39 is 5.41 Å². The molecule has 0 heterocycles. The first-order valence-corrected chi connectivity index (χ1v) is 8.56.